The molecule has 0 aliphatic carbocycles. The summed E-state index contributed by atoms with van der Waals surface area (Å²) in [5.74, 6) is -0.153. The highest BCUT2D eigenvalue weighted by Crippen LogP contribution is 2.32. The molecule has 0 spiro atoms. The standard InChI is InChI=1S/C27H26N2O2/c30-26-25(20-8-3-1-4-9-20)24-21(10-7-13-23(24)28-26)14-17-29-18-15-27(31,16-19-29)22-11-5-2-6-12-22/h1-13,31H,14-19H2. The molecule has 1 fully saturated rings. The van der Waals surface area contributed by atoms with Crippen molar-refractivity contribution >= 4 is 11.5 Å². The Kier molecular flexibility index (Phi) is 5.26. The van der Waals surface area contributed by atoms with Gasteiger partial charge in [-0.15, -0.1) is 0 Å². The van der Waals surface area contributed by atoms with Crippen molar-refractivity contribution in [3.63, 3.8) is 0 Å². The van der Waals surface area contributed by atoms with Crippen LogP contribution in [0.4, 0.5) is 0 Å². The smallest absolute Gasteiger partial charge is 0.278 e. The molecule has 1 N–H and O–H groups in total. The molecule has 0 unspecified atom stereocenters. The Morgan fingerprint density at radius 2 is 1.55 bits per heavy atom. The number of nitrogens with zero attached hydrogens (tertiary/aromatic N) is 2. The molecule has 0 radical (unpaired) electrons. The van der Waals surface area contributed by atoms with Gasteiger partial charge in [0.05, 0.1) is 16.5 Å². The van der Waals surface area contributed by atoms with Gasteiger partial charge < -0.3 is 10.0 Å². The van der Waals surface area contributed by atoms with Crippen molar-refractivity contribution in [1.82, 2.24) is 4.90 Å². The van der Waals surface area contributed by atoms with E-state index < -0.39 is 5.60 Å². The molecule has 156 valence electrons. The van der Waals surface area contributed by atoms with E-state index in [9.17, 15) is 9.90 Å². The average molecular weight is 411 g/mol. The van der Waals surface area contributed by atoms with E-state index in [1.807, 2.05) is 72.8 Å². The molecule has 2 aliphatic rings. The van der Waals surface area contributed by atoms with E-state index >= 15 is 0 Å². The minimum atomic E-state index is -0.731. The van der Waals surface area contributed by atoms with Crippen molar-refractivity contribution in [3.8, 4) is 0 Å². The van der Waals surface area contributed by atoms with E-state index in [4.69, 9.17) is 0 Å². The third-order valence-corrected chi connectivity index (χ3v) is 6.57. The normalized spacial score (nSPS) is 18.0. The fraction of sp³-hybridized carbons (Fsp3) is 0.259. The van der Waals surface area contributed by atoms with Gasteiger partial charge in [-0.3, -0.25) is 4.79 Å². The topological polar surface area (TPSA) is 52.9 Å². The van der Waals surface area contributed by atoms with Crippen molar-refractivity contribution in [2.24, 2.45) is 4.99 Å². The van der Waals surface area contributed by atoms with E-state index in [2.05, 4.69) is 16.0 Å². The van der Waals surface area contributed by atoms with Gasteiger partial charge in [-0.2, -0.15) is 0 Å². The van der Waals surface area contributed by atoms with Gasteiger partial charge in [0.1, 0.15) is 0 Å². The second-order valence-corrected chi connectivity index (χ2v) is 8.46. The Hall–Kier alpha value is -3.08. The molecule has 4 heteroatoms. The number of hydrogen-bond donors (Lipinski definition) is 1. The molecule has 31 heavy (non-hydrogen) atoms. The molecule has 2 heterocycles. The van der Waals surface area contributed by atoms with Gasteiger partial charge in [-0.25, -0.2) is 4.99 Å². The number of likely N-dealkylation sites (tertiary alicyclic amines) is 1. The van der Waals surface area contributed by atoms with Gasteiger partial charge in [-0.05, 0) is 42.0 Å². The Morgan fingerprint density at radius 3 is 2.26 bits per heavy atom. The summed E-state index contributed by atoms with van der Waals surface area (Å²) in [6.45, 7) is 2.62. The highest BCUT2D eigenvalue weighted by Gasteiger charge is 2.33. The van der Waals surface area contributed by atoms with Crippen LogP contribution in [0.2, 0.25) is 0 Å². The summed E-state index contributed by atoms with van der Waals surface area (Å²) in [6.07, 6.45) is 2.32. The van der Waals surface area contributed by atoms with Crippen molar-refractivity contribution in [1.29, 1.82) is 0 Å². The fourth-order valence-electron chi connectivity index (χ4n) is 4.78. The zero-order valence-corrected chi connectivity index (χ0v) is 17.5. The van der Waals surface area contributed by atoms with E-state index in [1.54, 1.807) is 0 Å². The van der Waals surface area contributed by atoms with Crippen LogP contribution in [-0.4, -0.2) is 35.5 Å². The Balaban J connectivity index is 1.35. The van der Waals surface area contributed by atoms with Gasteiger partial charge in [0.15, 0.2) is 0 Å². The largest absolute Gasteiger partial charge is 0.385 e. The summed E-state index contributed by atoms with van der Waals surface area (Å²) in [5, 5.41) is 12.8. The molecule has 3 aromatic rings. The molecule has 0 atom stereocenters. The van der Waals surface area contributed by atoms with Crippen LogP contribution < -0.4 is 10.6 Å². The monoisotopic (exact) mass is 410 g/mol. The number of benzene rings is 3. The SMILES string of the molecule is O=C1N=c2cccc(CCN3CCC(O)(c4ccccc4)CC3)c2=C1c1ccccc1. The third-order valence-electron chi connectivity index (χ3n) is 6.57. The van der Waals surface area contributed by atoms with Crippen LogP contribution in [0.25, 0.3) is 5.57 Å². The first-order valence-corrected chi connectivity index (χ1v) is 10.9. The molecule has 2 aliphatic heterocycles. The van der Waals surface area contributed by atoms with Crippen LogP contribution in [0.3, 0.4) is 0 Å². The molecule has 5 rings (SSSR count). The van der Waals surface area contributed by atoms with E-state index in [1.165, 1.54) is 0 Å². The number of rotatable bonds is 5. The Morgan fingerprint density at radius 1 is 0.871 bits per heavy atom. The van der Waals surface area contributed by atoms with E-state index in [-0.39, 0.29) is 5.91 Å². The Labute approximate surface area is 182 Å². The van der Waals surface area contributed by atoms with Crippen molar-refractivity contribution in [2.75, 3.05) is 19.6 Å². The minimum Gasteiger partial charge on any atom is -0.385 e. The first kappa shape index (κ1) is 19.9. The molecule has 0 aromatic heterocycles. The number of amides is 1. The van der Waals surface area contributed by atoms with Crippen LogP contribution in [0.15, 0.2) is 83.9 Å². The molecule has 1 amide bonds. The third kappa shape index (κ3) is 3.85. The lowest BCUT2D eigenvalue weighted by molar-refractivity contribution is -0.112. The lowest BCUT2D eigenvalue weighted by atomic mass is 9.84. The maximum atomic E-state index is 12.7. The zero-order valence-electron chi connectivity index (χ0n) is 17.5. The number of fused-ring (bicyclic) bond motifs is 1. The second-order valence-electron chi connectivity index (χ2n) is 8.46. The van der Waals surface area contributed by atoms with Gasteiger partial charge in [0.25, 0.3) is 5.91 Å². The number of hydrogen-bond acceptors (Lipinski definition) is 3. The van der Waals surface area contributed by atoms with E-state index in [0.29, 0.717) is 5.57 Å². The quantitative estimate of drug-likeness (QED) is 0.704. The molecule has 1 saturated heterocycles. The van der Waals surface area contributed by atoms with Crippen molar-refractivity contribution < 1.29 is 9.90 Å². The van der Waals surface area contributed by atoms with Gasteiger partial charge in [0.2, 0.25) is 0 Å². The molecular formula is C27H26N2O2. The maximum Gasteiger partial charge on any atom is 0.278 e. The Bertz CT molecular complexity index is 1210. The summed E-state index contributed by atoms with van der Waals surface area (Å²) >= 11 is 0. The second kappa shape index (κ2) is 8.22. The predicted octanol–water partition coefficient (Wildman–Crippen LogP) is 2.57. The average Bonchev–Trinajstić information content (AvgIpc) is 3.16. The molecular weight excluding hydrogens is 384 g/mol. The molecule has 0 bridgehead atoms. The van der Waals surface area contributed by atoms with Gasteiger partial charge >= 0.3 is 0 Å². The minimum absolute atomic E-state index is 0.153. The van der Waals surface area contributed by atoms with Crippen molar-refractivity contribution in [2.45, 2.75) is 24.9 Å². The highest BCUT2D eigenvalue weighted by atomic mass is 16.3. The number of aliphatic hydroxyl groups is 1. The van der Waals surface area contributed by atoms with Gasteiger partial charge in [0, 0.05) is 24.9 Å². The van der Waals surface area contributed by atoms with E-state index in [0.717, 1.165) is 66.2 Å². The molecule has 3 aromatic carbocycles. The first-order valence-electron chi connectivity index (χ1n) is 10.9. The van der Waals surface area contributed by atoms with Gasteiger partial charge in [-0.1, -0.05) is 72.8 Å². The zero-order chi connectivity index (χ0) is 21.3. The van der Waals surface area contributed by atoms with Crippen LogP contribution in [0, 0.1) is 0 Å². The summed E-state index contributed by atoms with van der Waals surface area (Å²) in [6, 6.07) is 25.8. The van der Waals surface area contributed by atoms with Crippen molar-refractivity contribution in [3.05, 3.63) is 106 Å². The lowest BCUT2D eigenvalue weighted by Crippen LogP contribution is -2.43. The highest BCUT2D eigenvalue weighted by molar-refractivity contribution is 6.21. The van der Waals surface area contributed by atoms with Crippen LogP contribution in [-0.2, 0) is 16.8 Å². The number of piperidine rings is 1. The van der Waals surface area contributed by atoms with Crippen LogP contribution in [0.5, 0.6) is 0 Å². The molecule has 0 saturated carbocycles. The lowest BCUT2D eigenvalue weighted by Gasteiger charge is -2.38. The summed E-state index contributed by atoms with van der Waals surface area (Å²) < 4.78 is 0. The predicted molar refractivity (Wildman–Crippen MR) is 121 cm³/mol. The van der Waals surface area contributed by atoms with Crippen LogP contribution >= 0.6 is 0 Å². The fourth-order valence-corrected chi connectivity index (χ4v) is 4.78. The molecule has 4 nitrogen and oxygen atoms in total. The maximum absolute atomic E-state index is 12.7. The summed E-state index contributed by atoms with van der Waals surface area (Å²) in [4.78, 5) is 19.4. The van der Waals surface area contributed by atoms with Crippen LogP contribution in [0.1, 0.15) is 29.5 Å². The summed E-state index contributed by atoms with van der Waals surface area (Å²) in [7, 11) is 0. The first-order chi connectivity index (χ1) is 15.1. The number of carbonyl (C=O) groups excluding carboxylic acids is 1. The number of carbonyl (C=O) groups is 1. The summed E-state index contributed by atoms with van der Waals surface area (Å²) in [5.41, 5.74) is 3.08.